The number of ether oxygens (including phenoxy) is 1. The molecule has 1 fully saturated rings. The monoisotopic (exact) mass is 860 g/mol. The zero-order valence-electron chi connectivity index (χ0n) is 33.6. The Hall–Kier alpha value is -5.75. The molecule has 59 heavy (non-hydrogen) atoms. The van der Waals surface area contributed by atoms with E-state index in [0.29, 0.717) is 76.9 Å². The summed E-state index contributed by atoms with van der Waals surface area (Å²) in [5, 5.41) is 19.8. The van der Waals surface area contributed by atoms with Gasteiger partial charge in [0.2, 0.25) is 5.88 Å². The molecule has 4 N–H and O–H groups in total. The number of pyridine rings is 1. The summed E-state index contributed by atoms with van der Waals surface area (Å²) < 4.78 is 11.2. The molecule has 1 saturated carbocycles. The average molecular weight is 862 g/mol. The third-order valence-corrected chi connectivity index (χ3v) is 8.87. The second-order valence-electron chi connectivity index (χ2n) is 13.5. The fourth-order valence-electron chi connectivity index (χ4n) is 5.49. The second-order valence-corrected chi connectivity index (χ2v) is 14.6. The second kappa shape index (κ2) is 21.9. The van der Waals surface area contributed by atoms with Crippen LogP contribution in [0, 0.1) is 26.7 Å². The van der Waals surface area contributed by atoms with Crippen LogP contribution in [0.3, 0.4) is 0 Å². The summed E-state index contributed by atoms with van der Waals surface area (Å²) >= 11 is 16.9. The molecule has 0 amide bonds. The van der Waals surface area contributed by atoms with Gasteiger partial charge in [0.15, 0.2) is 0 Å². The van der Waals surface area contributed by atoms with Crippen LogP contribution in [-0.2, 0) is 40.8 Å². The molecule has 310 valence electrons. The number of hydrogen-bond donors (Lipinski definition) is 3. The third-order valence-electron chi connectivity index (χ3n) is 8.29. The quantitative estimate of drug-likeness (QED) is 0.120. The number of hydrogen-bond acceptors (Lipinski definition) is 14. The summed E-state index contributed by atoms with van der Waals surface area (Å²) in [4.78, 5) is 29.1. The number of nitrogens with one attached hydrogen (secondary N) is 2. The molecule has 17 nitrogen and oxygen atoms in total. The van der Waals surface area contributed by atoms with Crippen LogP contribution in [0.2, 0.25) is 15.5 Å². The minimum atomic E-state index is 0.382. The van der Waals surface area contributed by atoms with Gasteiger partial charge in [0, 0.05) is 118 Å². The van der Waals surface area contributed by atoms with E-state index in [9.17, 15) is 0 Å². The Morgan fingerprint density at radius 3 is 1.64 bits per heavy atom. The number of anilines is 2. The molecule has 0 aliphatic heterocycles. The zero-order valence-corrected chi connectivity index (χ0v) is 35.9. The van der Waals surface area contributed by atoms with Crippen molar-refractivity contribution < 1.29 is 4.74 Å². The molecule has 1 aliphatic carbocycles. The molecule has 2 atom stereocenters. The molecule has 7 aromatic rings. The van der Waals surface area contributed by atoms with Gasteiger partial charge in [-0.2, -0.15) is 20.3 Å². The standard InChI is InChI=1S/C19H22N6O.C10H12ClN5.C5H4Cl2N2.C5H9N3/c1-13-23-18(21-9-14-10-22-25(2)11-14)8-19(24-13)26-12-15-7-16(15)17-5-3-4-6-20-17;1-7-14-9(11)3-10(15-7)12-4-8-5-13-16(2)6-8;1-3-8-4(6)2-5(7)9-3;1-8-4-5(2-6)3-7-8/h3-6,8,10-11,15-16H,7,9,12H2,1-2H3,(H,21,23,24);3,5-6H,4H2,1-2H3,(H,12,14,15);2H,1H3;3-4H,2,6H2,1H3/t15-,16+;;;/m1.../s1. The molecule has 7 heterocycles. The molecular weight excluding hydrogens is 815 g/mol. The van der Waals surface area contributed by atoms with Crippen molar-refractivity contribution in [2.75, 3.05) is 17.2 Å². The SMILES string of the molecule is Cc1nc(Cl)cc(Cl)n1.Cc1nc(Cl)cc(NCc2cnn(C)c2)n1.Cc1nc(NCc2cnn(C)c2)cc(OC[C@H]2C[C@@H]2c2ccccn2)n1.Cn1cc(CN)cn1. The van der Waals surface area contributed by atoms with Gasteiger partial charge in [-0.05, 0) is 39.3 Å². The maximum absolute atomic E-state index is 5.92. The van der Waals surface area contributed by atoms with E-state index in [1.807, 2.05) is 83.4 Å². The van der Waals surface area contributed by atoms with E-state index in [0.717, 1.165) is 40.4 Å². The molecule has 20 heteroatoms. The highest BCUT2D eigenvalue weighted by molar-refractivity contribution is 6.33. The smallest absolute Gasteiger partial charge is 0.218 e. The molecule has 8 rings (SSSR count). The molecule has 0 bridgehead atoms. The highest BCUT2D eigenvalue weighted by Gasteiger charge is 2.40. The first-order valence-corrected chi connectivity index (χ1v) is 19.6. The van der Waals surface area contributed by atoms with Gasteiger partial charge in [-0.25, -0.2) is 24.9 Å². The van der Waals surface area contributed by atoms with Crippen LogP contribution < -0.4 is 21.1 Å². The number of aromatic nitrogens is 13. The predicted octanol–water partition coefficient (Wildman–Crippen LogP) is 6.46. The zero-order chi connectivity index (χ0) is 42.3. The summed E-state index contributed by atoms with van der Waals surface area (Å²) in [7, 11) is 5.66. The van der Waals surface area contributed by atoms with Crippen molar-refractivity contribution in [3.05, 3.63) is 135 Å². The molecule has 7 aromatic heterocycles. The number of rotatable bonds is 11. The van der Waals surface area contributed by atoms with Gasteiger partial charge < -0.3 is 21.1 Å². The lowest BCUT2D eigenvalue weighted by atomic mass is 10.2. The Balaban J connectivity index is 0.000000169. The van der Waals surface area contributed by atoms with Crippen LogP contribution in [0.1, 0.15) is 52.2 Å². The number of halogens is 3. The minimum Gasteiger partial charge on any atom is -0.477 e. The van der Waals surface area contributed by atoms with E-state index in [1.54, 1.807) is 40.2 Å². The van der Waals surface area contributed by atoms with E-state index in [4.69, 9.17) is 45.3 Å². The van der Waals surface area contributed by atoms with Crippen LogP contribution in [0.15, 0.2) is 79.8 Å². The van der Waals surface area contributed by atoms with Crippen LogP contribution in [-0.4, -0.2) is 70.8 Å². The summed E-state index contributed by atoms with van der Waals surface area (Å²) in [6, 6.07) is 11.1. The lowest BCUT2D eigenvalue weighted by molar-refractivity contribution is 0.284. The highest BCUT2D eigenvalue weighted by Crippen LogP contribution is 2.46. The van der Waals surface area contributed by atoms with Crippen molar-refractivity contribution in [2.24, 2.45) is 32.8 Å². The number of aryl methyl sites for hydroxylation is 6. The summed E-state index contributed by atoms with van der Waals surface area (Å²) in [6.45, 7) is 7.97. The van der Waals surface area contributed by atoms with Crippen molar-refractivity contribution in [1.29, 1.82) is 0 Å². The van der Waals surface area contributed by atoms with Gasteiger partial charge in [0.1, 0.15) is 44.6 Å². The van der Waals surface area contributed by atoms with Crippen LogP contribution in [0.5, 0.6) is 5.88 Å². The lowest BCUT2D eigenvalue weighted by Gasteiger charge is -2.09. The van der Waals surface area contributed by atoms with Crippen LogP contribution in [0.4, 0.5) is 11.6 Å². The fraction of sp³-hybridized carbons (Fsp3) is 0.333. The van der Waals surface area contributed by atoms with Gasteiger partial charge in [0.25, 0.3) is 0 Å². The van der Waals surface area contributed by atoms with E-state index in [2.05, 4.69) is 66.9 Å². The summed E-state index contributed by atoms with van der Waals surface area (Å²) in [5.74, 6) is 5.03. The molecule has 0 spiro atoms. The predicted molar refractivity (Wildman–Crippen MR) is 228 cm³/mol. The maximum Gasteiger partial charge on any atom is 0.218 e. The van der Waals surface area contributed by atoms with Crippen molar-refractivity contribution in [1.82, 2.24) is 64.2 Å². The number of nitrogens with zero attached hydrogens (tertiary/aromatic N) is 13. The fourth-order valence-corrected chi connectivity index (χ4v) is 6.23. The molecule has 1 aliphatic rings. The molecule has 0 saturated heterocycles. The molecular formula is C39H47Cl3N16O. The summed E-state index contributed by atoms with van der Waals surface area (Å²) in [6.07, 6.45) is 14.2. The van der Waals surface area contributed by atoms with Gasteiger partial charge in [-0.3, -0.25) is 19.0 Å². The molecule has 0 radical (unpaired) electrons. The lowest BCUT2D eigenvalue weighted by Crippen LogP contribution is -2.07. The van der Waals surface area contributed by atoms with Crippen molar-refractivity contribution in [2.45, 2.75) is 52.7 Å². The molecule has 0 unspecified atom stereocenters. The number of nitrogens with two attached hydrogens (primary N) is 1. The van der Waals surface area contributed by atoms with Crippen LogP contribution in [0.25, 0.3) is 0 Å². The van der Waals surface area contributed by atoms with Crippen molar-refractivity contribution in [3.8, 4) is 5.88 Å². The first-order valence-electron chi connectivity index (χ1n) is 18.5. The van der Waals surface area contributed by atoms with E-state index >= 15 is 0 Å². The normalized spacial score (nSPS) is 13.8. The van der Waals surface area contributed by atoms with E-state index in [-0.39, 0.29) is 0 Å². The minimum absolute atomic E-state index is 0.382. The maximum atomic E-state index is 5.92. The van der Waals surface area contributed by atoms with Gasteiger partial charge >= 0.3 is 0 Å². The van der Waals surface area contributed by atoms with Crippen LogP contribution >= 0.6 is 34.8 Å². The van der Waals surface area contributed by atoms with Gasteiger partial charge in [-0.15, -0.1) is 0 Å². The Labute approximate surface area is 357 Å². The van der Waals surface area contributed by atoms with Gasteiger partial charge in [0.05, 0.1) is 25.2 Å². The Morgan fingerprint density at radius 2 is 1.19 bits per heavy atom. The Kier molecular flexibility index (Phi) is 16.4. The van der Waals surface area contributed by atoms with Gasteiger partial charge in [-0.1, -0.05) is 40.9 Å². The Morgan fingerprint density at radius 1 is 0.678 bits per heavy atom. The first kappa shape index (κ1) is 44.4. The topological polar surface area (TPSA) is 203 Å². The third kappa shape index (κ3) is 15.5. The molecule has 0 aromatic carbocycles. The average Bonchev–Trinajstić information content (AvgIpc) is 3.40. The first-order chi connectivity index (χ1) is 28.3. The van der Waals surface area contributed by atoms with E-state index in [1.165, 1.54) is 6.07 Å². The largest absolute Gasteiger partial charge is 0.477 e. The highest BCUT2D eigenvalue weighted by atomic mass is 35.5. The van der Waals surface area contributed by atoms with E-state index < -0.39 is 0 Å². The van der Waals surface area contributed by atoms with Crippen molar-refractivity contribution in [3.63, 3.8) is 0 Å². The Bertz CT molecular complexity index is 2300. The summed E-state index contributed by atoms with van der Waals surface area (Å²) in [5.41, 5.74) is 9.73. The van der Waals surface area contributed by atoms with Crippen molar-refractivity contribution >= 4 is 46.4 Å².